The molecule has 1 N–H and O–H groups in total. The van der Waals surface area contributed by atoms with E-state index in [2.05, 4.69) is 27.5 Å². The summed E-state index contributed by atoms with van der Waals surface area (Å²) in [5.74, 6) is 0.529. The molecule has 0 saturated carbocycles. The second-order valence-electron chi connectivity index (χ2n) is 6.00. The number of nitrogens with one attached hydrogen (secondary N) is 1. The van der Waals surface area contributed by atoms with Gasteiger partial charge in [0, 0.05) is 39.6 Å². The van der Waals surface area contributed by atoms with Crippen LogP contribution in [0.2, 0.25) is 0 Å². The molecule has 3 rings (SSSR count). The fourth-order valence-electron chi connectivity index (χ4n) is 2.74. The average molecular weight is 351 g/mol. The highest BCUT2D eigenvalue weighted by Crippen LogP contribution is 2.09. The van der Waals surface area contributed by atoms with Gasteiger partial charge in [-0.05, 0) is 41.5 Å². The van der Waals surface area contributed by atoms with Crippen molar-refractivity contribution >= 4 is 5.96 Å². The zero-order valence-electron chi connectivity index (χ0n) is 14.9. The van der Waals surface area contributed by atoms with Crippen LogP contribution >= 0.6 is 0 Å². The summed E-state index contributed by atoms with van der Waals surface area (Å²) in [5, 5.41) is 7.56. The molecule has 3 aromatic rings. The summed E-state index contributed by atoms with van der Waals surface area (Å²) in [5.41, 5.74) is 3.06. The van der Waals surface area contributed by atoms with Crippen LogP contribution in [0.5, 0.6) is 0 Å². The molecule has 0 spiro atoms. The number of aliphatic imine (C=N–C) groups is 1. The highest BCUT2D eigenvalue weighted by Gasteiger charge is 2.07. The van der Waals surface area contributed by atoms with E-state index in [0.717, 1.165) is 22.8 Å². The largest absolute Gasteiger partial charge is 0.352 e. The molecule has 2 aromatic carbocycles. The molecule has 1 aromatic heterocycles. The quantitative estimate of drug-likeness (QED) is 0.567. The Morgan fingerprint density at radius 1 is 1.15 bits per heavy atom. The van der Waals surface area contributed by atoms with Gasteiger partial charge in [0.15, 0.2) is 5.96 Å². The Morgan fingerprint density at radius 2 is 1.96 bits per heavy atom. The minimum Gasteiger partial charge on any atom is -0.352 e. The molecule has 0 aliphatic heterocycles. The summed E-state index contributed by atoms with van der Waals surface area (Å²) in [6.45, 7) is 1.23. The summed E-state index contributed by atoms with van der Waals surface area (Å²) in [6.07, 6.45) is 3.67. The van der Waals surface area contributed by atoms with E-state index in [4.69, 9.17) is 0 Å². The molecule has 1 heterocycles. The summed E-state index contributed by atoms with van der Waals surface area (Å²) in [6, 6.07) is 16.7. The maximum Gasteiger partial charge on any atom is 0.193 e. The molecule has 0 bridgehead atoms. The van der Waals surface area contributed by atoms with Gasteiger partial charge >= 0.3 is 0 Å². The Morgan fingerprint density at radius 3 is 2.62 bits per heavy atom. The Labute approximate surface area is 152 Å². The van der Waals surface area contributed by atoms with Crippen LogP contribution in [-0.4, -0.2) is 34.7 Å². The van der Waals surface area contributed by atoms with Crippen LogP contribution in [0.15, 0.2) is 72.0 Å². The van der Waals surface area contributed by atoms with Gasteiger partial charge in [0.05, 0.1) is 5.69 Å². The number of rotatable bonds is 5. The van der Waals surface area contributed by atoms with Gasteiger partial charge in [0.2, 0.25) is 0 Å². The lowest BCUT2D eigenvalue weighted by Gasteiger charge is -2.22. The number of hydrogen-bond donors (Lipinski definition) is 1. The summed E-state index contributed by atoms with van der Waals surface area (Å²) in [4.78, 5) is 6.27. The van der Waals surface area contributed by atoms with Crippen LogP contribution in [0.3, 0.4) is 0 Å². The van der Waals surface area contributed by atoms with Gasteiger partial charge in [-0.25, -0.2) is 9.07 Å². The van der Waals surface area contributed by atoms with Gasteiger partial charge in [-0.3, -0.25) is 4.99 Å². The Hall–Kier alpha value is -3.15. The molecule has 134 valence electrons. The molecule has 0 unspecified atom stereocenters. The molecule has 0 saturated heterocycles. The van der Waals surface area contributed by atoms with Gasteiger partial charge in [-0.2, -0.15) is 5.10 Å². The number of guanidine groups is 1. The molecule has 0 aliphatic carbocycles. The monoisotopic (exact) mass is 351 g/mol. The van der Waals surface area contributed by atoms with Crippen molar-refractivity contribution in [1.82, 2.24) is 20.0 Å². The first kappa shape index (κ1) is 17.7. The van der Waals surface area contributed by atoms with E-state index in [1.165, 1.54) is 12.1 Å². The predicted molar refractivity (Wildman–Crippen MR) is 102 cm³/mol. The van der Waals surface area contributed by atoms with Crippen LogP contribution in [0.4, 0.5) is 4.39 Å². The summed E-state index contributed by atoms with van der Waals surface area (Å²) >= 11 is 0. The molecule has 0 aliphatic rings. The summed E-state index contributed by atoms with van der Waals surface area (Å²) in [7, 11) is 3.67. The molecular weight excluding hydrogens is 329 g/mol. The molecule has 0 fully saturated rings. The van der Waals surface area contributed by atoms with Gasteiger partial charge in [-0.1, -0.05) is 24.3 Å². The van der Waals surface area contributed by atoms with E-state index >= 15 is 0 Å². The Bertz CT molecular complexity index is 856. The van der Waals surface area contributed by atoms with E-state index in [1.807, 2.05) is 47.1 Å². The van der Waals surface area contributed by atoms with Crippen molar-refractivity contribution in [3.8, 4) is 5.69 Å². The zero-order valence-corrected chi connectivity index (χ0v) is 14.9. The normalized spacial score (nSPS) is 11.4. The molecule has 0 amide bonds. The van der Waals surface area contributed by atoms with Crippen molar-refractivity contribution in [3.63, 3.8) is 0 Å². The number of halogens is 1. The first-order chi connectivity index (χ1) is 12.7. The van der Waals surface area contributed by atoms with Crippen LogP contribution in [0.1, 0.15) is 11.1 Å². The SMILES string of the molecule is CN=C(NCc1ccc(-n2cccn2)cc1)N(C)Cc1cccc(F)c1. The van der Waals surface area contributed by atoms with Crippen molar-refractivity contribution in [1.29, 1.82) is 0 Å². The van der Waals surface area contributed by atoms with E-state index in [1.54, 1.807) is 19.3 Å². The van der Waals surface area contributed by atoms with Gasteiger partial charge in [0.25, 0.3) is 0 Å². The lowest BCUT2D eigenvalue weighted by Crippen LogP contribution is -2.38. The predicted octanol–water partition coefficient (Wildman–Crippen LogP) is 3.22. The molecule has 6 heteroatoms. The van der Waals surface area contributed by atoms with Crippen LogP contribution in [0.25, 0.3) is 5.69 Å². The van der Waals surface area contributed by atoms with Crippen LogP contribution in [-0.2, 0) is 13.1 Å². The highest BCUT2D eigenvalue weighted by molar-refractivity contribution is 5.79. The van der Waals surface area contributed by atoms with Crippen molar-refractivity contribution in [3.05, 3.63) is 83.9 Å². The molecule has 0 atom stereocenters. The van der Waals surface area contributed by atoms with Crippen molar-refractivity contribution in [2.75, 3.05) is 14.1 Å². The number of hydrogen-bond acceptors (Lipinski definition) is 2. The number of benzene rings is 2. The minimum absolute atomic E-state index is 0.226. The highest BCUT2D eigenvalue weighted by atomic mass is 19.1. The van der Waals surface area contributed by atoms with Gasteiger partial charge in [-0.15, -0.1) is 0 Å². The molecule has 5 nitrogen and oxygen atoms in total. The van der Waals surface area contributed by atoms with Gasteiger partial charge < -0.3 is 10.2 Å². The number of nitrogens with zero attached hydrogens (tertiary/aromatic N) is 4. The second kappa shape index (κ2) is 8.29. The van der Waals surface area contributed by atoms with Crippen LogP contribution in [0, 0.1) is 5.82 Å². The third-order valence-corrected chi connectivity index (χ3v) is 4.04. The van der Waals surface area contributed by atoms with Crippen LogP contribution < -0.4 is 5.32 Å². The van der Waals surface area contributed by atoms with Crippen molar-refractivity contribution in [2.45, 2.75) is 13.1 Å². The van der Waals surface area contributed by atoms with Crippen molar-refractivity contribution < 1.29 is 4.39 Å². The average Bonchev–Trinajstić information content (AvgIpc) is 3.17. The third-order valence-electron chi connectivity index (χ3n) is 4.04. The number of aromatic nitrogens is 2. The topological polar surface area (TPSA) is 45.5 Å². The maximum absolute atomic E-state index is 13.3. The zero-order chi connectivity index (χ0) is 18.4. The molecular formula is C20H22FN5. The van der Waals surface area contributed by atoms with Gasteiger partial charge in [0.1, 0.15) is 5.82 Å². The maximum atomic E-state index is 13.3. The Balaban J connectivity index is 1.58. The molecule has 26 heavy (non-hydrogen) atoms. The Kier molecular flexibility index (Phi) is 5.63. The smallest absolute Gasteiger partial charge is 0.193 e. The second-order valence-corrected chi connectivity index (χ2v) is 6.00. The fourth-order valence-corrected chi connectivity index (χ4v) is 2.74. The summed E-state index contributed by atoms with van der Waals surface area (Å²) < 4.78 is 15.2. The lowest BCUT2D eigenvalue weighted by molar-refractivity contribution is 0.474. The van der Waals surface area contributed by atoms with E-state index < -0.39 is 0 Å². The lowest BCUT2D eigenvalue weighted by atomic mass is 10.2. The fraction of sp³-hybridized carbons (Fsp3) is 0.200. The first-order valence-corrected chi connectivity index (χ1v) is 8.41. The van der Waals surface area contributed by atoms with E-state index in [9.17, 15) is 4.39 Å². The van der Waals surface area contributed by atoms with E-state index in [-0.39, 0.29) is 5.82 Å². The standard InChI is InChI=1S/C20H22FN5/c1-22-20(25(2)15-17-5-3-6-18(21)13-17)23-14-16-7-9-19(10-8-16)26-12-4-11-24-26/h3-13H,14-15H2,1-2H3,(H,22,23). The first-order valence-electron chi connectivity index (χ1n) is 8.41. The minimum atomic E-state index is -0.226. The van der Waals surface area contributed by atoms with E-state index in [0.29, 0.717) is 13.1 Å². The molecule has 0 radical (unpaired) electrons. The third kappa shape index (κ3) is 4.47. The van der Waals surface area contributed by atoms with Crippen molar-refractivity contribution in [2.24, 2.45) is 4.99 Å².